The molecule has 0 saturated heterocycles. The summed E-state index contributed by atoms with van der Waals surface area (Å²) in [5.74, 6) is -2.06. The summed E-state index contributed by atoms with van der Waals surface area (Å²) in [6.07, 6.45) is 0.707. The SMILES string of the molecule is CCC(NC(=O)COc1ccc(F)cc1F)c1ccc(Br)cc1. The van der Waals surface area contributed by atoms with Crippen LogP contribution < -0.4 is 10.1 Å². The van der Waals surface area contributed by atoms with Crippen molar-refractivity contribution in [3.63, 3.8) is 0 Å². The molecule has 0 heterocycles. The van der Waals surface area contributed by atoms with Crippen molar-refractivity contribution in [2.75, 3.05) is 6.61 Å². The maximum atomic E-state index is 13.4. The molecular formula is C17H16BrF2NO2. The van der Waals surface area contributed by atoms with E-state index in [4.69, 9.17) is 4.74 Å². The van der Waals surface area contributed by atoms with E-state index in [-0.39, 0.29) is 24.3 Å². The Morgan fingerprint density at radius 3 is 2.52 bits per heavy atom. The van der Waals surface area contributed by atoms with Crippen molar-refractivity contribution in [3.05, 3.63) is 64.1 Å². The summed E-state index contributed by atoms with van der Waals surface area (Å²) in [5.41, 5.74) is 0.969. The fourth-order valence-corrected chi connectivity index (χ4v) is 2.35. The molecule has 1 N–H and O–H groups in total. The Balaban J connectivity index is 1.93. The summed E-state index contributed by atoms with van der Waals surface area (Å²) in [5, 5.41) is 2.83. The lowest BCUT2D eigenvalue weighted by Gasteiger charge is -2.18. The Morgan fingerprint density at radius 1 is 1.22 bits per heavy atom. The Bertz CT molecular complexity index is 677. The molecule has 2 rings (SSSR count). The average Bonchev–Trinajstić information content (AvgIpc) is 2.52. The van der Waals surface area contributed by atoms with Crippen LogP contribution in [0.25, 0.3) is 0 Å². The highest BCUT2D eigenvalue weighted by molar-refractivity contribution is 9.10. The summed E-state index contributed by atoms with van der Waals surface area (Å²) in [6.45, 7) is 1.61. The molecule has 0 bridgehead atoms. The lowest BCUT2D eigenvalue weighted by atomic mass is 10.0. The number of ether oxygens (including phenoxy) is 1. The van der Waals surface area contributed by atoms with Crippen LogP contribution in [0, 0.1) is 11.6 Å². The van der Waals surface area contributed by atoms with Crippen molar-refractivity contribution in [3.8, 4) is 5.75 Å². The van der Waals surface area contributed by atoms with Gasteiger partial charge in [-0.05, 0) is 36.2 Å². The molecular weight excluding hydrogens is 368 g/mol. The van der Waals surface area contributed by atoms with Crippen molar-refractivity contribution >= 4 is 21.8 Å². The second kappa shape index (κ2) is 8.06. The van der Waals surface area contributed by atoms with Crippen LogP contribution in [-0.2, 0) is 4.79 Å². The minimum atomic E-state index is -0.835. The van der Waals surface area contributed by atoms with Crippen molar-refractivity contribution < 1.29 is 18.3 Å². The van der Waals surface area contributed by atoms with Gasteiger partial charge in [0.2, 0.25) is 0 Å². The zero-order valence-corrected chi connectivity index (χ0v) is 14.1. The molecule has 0 aliphatic rings. The molecule has 1 amide bonds. The van der Waals surface area contributed by atoms with E-state index in [2.05, 4.69) is 21.2 Å². The second-order valence-corrected chi connectivity index (χ2v) is 5.86. The van der Waals surface area contributed by atoms with Crippen LogP contribution in [0.4, 0.5) is 8.78 Å². The van der Waals surface area contributed by atoms with Gasteiger partial charge in [-0.3, -0.25) is 4.79 Å². The molecule has 1 unspecified atom stereocenters. The van der Waals surface area contributed by atoms with Gasteiger partial charge in [0.05, 0.1) is 6.04 Å². The largest absolute Gasteiger partial charge is 0.481 e. The molecule has 0 radical (unpaired) electrons. The van der Waals surface area contributed by atoms with Crippen LogP contribution in [-0.4, -0.2) is 12.5 Å². The second-order valence-electron chi connectivity index (χ2n) is 4.94. The van der Waals surface area contributed by atoms with Crippen molar-refractivity contribution in [2.24, 2.45) is 0 Å². The van der Waals surface area contributed by atoms with Gasteiger partial charge in [0.15, 0.2) is 18.2 Å². The fraction of sp³-hybridized carbons (Fsp3) is 0.235. The van der Waals surface area contributed by atoms with Crippen LogP contribution in [0.1, 0.15) is 24.9 Å². The number of amides is 1. The number of hydrogen-bond donors (Lipinski definition) is 1. The van der Waals surface area contributed by atoms with E-state index in [9.17, 15) is 13.6 Å². The first-order valence-electron chi connectivity index (χ1n) is 7.12. The lowest BCUT2D eigenvalue weighted by molar-refractivity contribution is -0.123. The van der Waals surface area contributed by atoms with Gasteiger partial charge in [0, 0.05) is 10.5 Å². The Hall–Kier alpha value is -1.95. The van der Waals surface area contributed by atoms with Gasteiger partial charge >= 0.3 is 0 Å². The Labute approximate surface area is 141 Å². The first-order valence-corrected chi connectivity index (χ1v) is 7.91. The monoisotopic (exact) mass is 383 g/mol. The molecule has 122 valence electrons. The zero-order chi connectivity index (χ0) is 16.8. The predicted molar refractivity (Wildman–Crippen MR) is 87.2 cm³/mol. The van der Waals surface area contributed by atoms with Crippen LogP contribution in [0.5, 0.6) is 5.75 Å². The number of rotatable bonds is 6. The number of hydrogen-bond acceptors (Lipinski definition) is 2. The molecule has 2 aromatic rings. The maximum Gasteiger partial charge on any atom is 0.258 e. The van der Waals surface area contributed by atoms with Crippen LogP contribution in [0.15, 0.2) is 46.9 Å². The van der Waals surface area contributed by atoms with Gasteiger partial charge in [0.1, 0.15) is 5.82 Å². The molecule has 0 fully saturated rings. The van der Waals surface area contributed by atoms with Crippen molar-refractivity contribution in [1.29, 1.82) is 0 Å². The van der Waals surface area contributed by atoms with E-state index in [1.54, 1.807) is 0 Å². The molecule has 6 heteroatoms. The normalized spacial score (nSPS) is 11.8. The molecule has 0 aliphatic carbocycles. The molecule has 0 aliphatic heterocycles. The van der Waals surface area contributed by atoms with E-state index >= 15 is 0 Å². The molecule has 0 saturated carbocycles. The summed E-state index contributed by atoms with van der Waals surface area (Å²) < 4.78 is 32.3. The number of carbonyl (C=O) groups is 1. The minimum absolute atomic E-state index is 0.154. The molecule has 3 nitrogen and oxygen atoms in total. The quantitative estimate of drug-likeness (QED) is 0.803. The van der Waals surface area contributed by atoms with Crippen LogP contribution in [0.3, 0.4) is 0 Å². The van der Waals surface area contributed by atoms with E-state index in [1.807, 2.05) is 31.2 Å². The summed E-state index contributed by atoms with van der Waals surface area (Å²) in [4.78, 5) is 12.0. The van der Waals surface area contributed by atoms with Gasteiger partial charge in [0.25, 0.3) is 5.91 Å². The number of halogens is 3. The highest BCUT2D eigenvalue weighted by Crippen LogP contribution is 2.20. The van der Waals surface area contributed by atoms with Crippen LogP contribution in [0.2, 0.25) is 0 Å². The third-order valence-corrected chi connectivity index (χ3v) is 3.80. The van der Waals surface area contributed by atoms with Gasteiger partial charge in [-0.2, -0.15) is 0 Å². The third-order valence-electron chi connectivity index (χ3n) is 3.27. The van der Waals surface area contributed by atoms with Gasteiger partial charge < -0.3 is 10.1 Å². The van der Waals surface area contributed by atoms with E-state index in [1.165, 1.54) is 0 Å². The predicted octanol–water partition coefficient (Wildman–Crippen LogP) is 4.37. The average molecular weight is 384 g/mol. The molecule has 0 spiro atoms. The molecule has 23 heavy (non-hydrogen) atoms. The number of carbonyl (C=O) groups excluding carboxylic acids is 1. The molecule has 1 atom stereocenters. The Morgan fingerprint density at radius 2 is 1.91 bits per heavy atom. The van der Waals surface area contributed by atoms with Crippen molar-refractivity contribution in [2.45, 2.75) is 19.4 Å². The maximum absolute atomic E-state index is 13.4. The number of nitrogens with one attached hydrogen (secondary N) is 1. The van der Waals surface area contributed by atoms with E-state index in [0.29, 0.717) is 12.5 Å². The first kappa shape index (κ1) is 17.4. The lowest BCUT2D eigenvalue weighted by Crippen LogP contribution is -2.32. The van der Waals surface area contributed by atoms with Gasteiger partial charge in [-0.25, -0.2) is 8.78 Å². The summed E-state index contributed by atoms with van der Waals surface area (Å²) in [7, 11) is 0. The zero-order valence-electron chi connectivity index (χ0n) is 12.5. The Kier molecular flexibility index (Phi) is 6.10. The van der Waals surface area contributed by atoms with Crippen LogP contribution >= 0.6 is 15.9 Å². The first-order chi connectivity index (χ1) is 11.0. The fourth-order valence-electron chi connectivity index (χ4n) is 2.09. The number of benzene rings is 2. The highest BCUT2D eigenvalue weighted by Gasteiger charge is 2.14. The third kappa shape index (κ3) is 5.03. The van der Waals surface area contributed by atoms with Crippen molar-refractivity contribution in [1.82, 2.24) is 5.32 Å². The topological polar surface area (TPSA) is 38.3 Å². The minimum Gasteiger partial charge on any atom is -0.481 e. The van der Waals surface area contributed by atoms with E-state index in [0.717, 1.165) is 22.2 Å². The summed E-state index contributed by atoms with van der Waals surface area (Å²) in [6, 6.07) is 10.4. The van der Waals surface area contributed by atoms with Gasteiger partial charge in [-0.15, -0.1) is 0 Å². The standard InChI is InChI=1S/C17H16BrF2NO2/c1-2-15(11-3-5-12(18)6-4-11)21-17(22)10-23-16-8-7-13(19)9-14(16)20/h3-9,15H,2,10H2,1H3,(H,21,22). The molecule has 2 aromatic carbocycles. The van der Waals surface area contributed by atoms with E-state index < -0.39 is 11.6 Å². The highest BCUT2D eigenvalue weighted by atomic mass is 79.9. The van der Waals surface area contributed by atoms with Gasteiger partial charge in [-0.1, -0.05) is 35.0 Å². The molecule has 0 aromatic heterocycles. The summed E-state index contributed by atoms with van der Waals surface area (Å²) >= 11 is 3.36. The smallest absolute Gasteiger partial charge is 0.258 e.